The van der Waals surface area contributed by atoms with Crippen molar-refractivity contribution < 1.29 is 0 Å². The van der Waals surface area contributed by atoms with Crippen molar-refractivity contribution in [2.75, 3.05) is 0 Å². The van der Waals surface area contributed by atoms with Crippen LogP contribution in [0.2, 0.25) is 10.0 Å². The van der Waals surface area contributed by atoms with Crippen LogP contribution in [0.15, 0.2) is 145 Å². The van der Waals surface area contributed by atoms with Crippen LogP contribution in [0.1, 0.15) is 43.5 Å². The van der Waals surface area contributed by atoms with Gasteiger partial charge in [0.25, 0.3) is 0 Å². The number of halogens is 2. The number of rotatable bonds is 4. The highest BCUT2D eigenvalue weighted by Gasteiger charge is 2.14. The third-order valence-electron chi connectivity index (χ3n) is 8.87. The molecule has 0 spiro atoms. The highest BCUT2D eigenvalue weighted by atomic mass is 35.5. The van der Waals surface area contributed by atoms with Crippen LogP contribution in [0.3, 0.4) is 0 Å². The Morgan fingerprint density at radius 2 is 1.12 bits per heavy atom. The van der Waals surface area contributed by atoms with Crippen LogP contribution < -0.4 is 0 Å². The van der Waals surface area contributed by atoms with Gasteiger partial charge >= 0.3 is 0 Å². The Bertz CT molecular complexity index is 2450. The van der Waals surface area contributed by atoms with E-state index in [0.29, 0.717) is 16.6 Å². The minimum absolute atomic E-state index is 0.447. The monoisotopic (exact) mass is 702 g/mol. The molecule has 1 aliphatic rings. The number of hydrogen-bond acceptors (Lipinski definition) is 4. The van der Waals surface area contributed by atoms with Gasteiger partial charge in [-0.05, 0) is 72.5 Å². The zero-order valence-electron chi connectivity index (χ0n) is 28.6. The Hall–Kier alpha value is -5.42. The smallest absolute Gasteiger partial charge is 0.0972 e. The molecule has 0 bridgehead atoms. The van der Waals surface area contributed by atoms with Crippen LogP contribution in [-0.4, -0.2) is 20.7 Å². The standard InChI is InChI=1S/C43H30Cl2N4.C2H6/c1-27-7-9-30-14-20-39(47-41(30)26-46-37(19-8-27)29-12-17-35(44)18-13-29)33-23-34(25-36(45)24-33)40-22-16-32-11-10-31-15-21-38(28-5-3-2-4-6-28)48-42(31)43(32)49-40;1-2/h2-7,9-18,20-25H,1,8,19,26H2;1-2H3/b9-7-,46-37?;. The number of aliphatic imine (C=N–C) groups is 1. The van der Waals surface area contributed by atoms with Crippen molar-refractivity contribution in [2.24, 2.45) is 4.99 Å². The van der Waals surface area contributed by atoms with Crippen molar-refractivity contribution in [3.63, 3.8) is 0 Å². The number of hydrogen-bond donors (Lipinski definition) is 0. The van der Waals surface area contributed by atoms with E-state index >= 15 is 0 Å². The molecule has 6 heteroatoms. The van der Waals surface area contributed by atoms with Crippen molar-refractivity contribution in [2.45, 2.75) is 33.2 Å². The lowest BCUT2D eigenvalue weighted by atomic mass is 10.00. The average Bonchev–Trinajstić information content (AvgIpc) is 3.18. The van der Waals surface area contributed by atoms with Crippen molar-refractivity contribution >= 4 is 56.8 Å². The molecule has 250 valence electrons. The largest absolute Gasteiger partial charge is 0.283 e. The Labute approximate surface area is 308 Å². The first-order valence-corrected chi connectivity index (χ1v) is 17.9. The predicted octanol–water partition coefficient (Wildman–Crippen LogP) is 12.9. The van der Waals surface area contributed by atoms with Gasteiger partial charge in [-0.15, -0.1) is 0 Å². The van der Waals surface area contributed by atoms with Crippen molar-refractivity contribution in [1.29, 1.82) is 0 Å². The minimum atomic E-state index is 0.447. The van der Waals surface area contributed by atoms with Gasteiger partial charge in [0.2, 0.25) is 0 Å². The number of allylic oxidation sites excluding steroid dienone is 2. The van der Waals surface area contributed by atoms with Crippen LogP contribution >= 0.6 is 23.2 Å². The van der Waals surface area contributed by atoms with Crippen LogP contribution in [0.4, 0.5) is 0 Å². The number of fused-ring (bicyclic) bond motifs is 4. The van der Waals surface area contributed by atoms with Crippen LogP contribution in [0, 0.1) is 0 Å². The summed E-state index contributed by atoms with van der Waals surface area (Å²) in [6.45, 7) is 8.71. The Balaban J connectivity index is 0.00000200. The predicted molar refractivity (Wildman–Crippen MR) is 217 cm³/mol. The molecular formula is C45H36Cl2N4. The highest BCUT2D eigenvalue weighted by molar-refractivity contribution is 6.31. The van der Waals surface area contributed by atoms with Gasteiger partial charge in [0.1, 0.15) is 0 Å². The molecule has 0 saturated heterocycles. The third-order valence-corrected chi connectivity index (χ3v) is 9.34. The van der Waals surface area contributed by atoms with Crippen LogP contribution in [0.5, 0.6) is 0 Å². The Morgan fingerprint density at radius 1 is 0.529 bits per heavy atom. The van der Waals surface area contributed by atoms with Crippen molar-refractivity contribution in [1.82, 2.24) is 15.0 Å². The molecule has 1 aliphatic heterocycles. The molecule has 3 aromatic heterocycles. The molecule has 8 rings (SSSR count). The number of pyridine rings is 3. The van der Waals surface area contributed by atoms with Gasteiger partial charge in [0, 0.05) is 43.2 Å². The van der Waals surface area contributed by atoms with E-state index in [-0.39, 0.29) is 0 Å². The summed E-state index contributed by atoms with van der Waals surface area (Å²) in [6, 6.07) is 40.7. The minimum Gasteiger partial charge on any atom is -0.283 e. The van der Waals surface area contributed by atoms with Gasteiger partial charge in [-0.1, -0.05) is 134 Å². The van der Waals surface area contributed by atoms with E-state index in [2.05, 4.69) is 73.3 Å². The first kappa shape index (κ1) is 34.0. The molecule has 4 aromatic carbocycles. The Morgan fingerprint density at radius 3 is 1.78 bits per heavy atom. The topological polar surface area (TPSA) is 51.0 Å². The maximum Gasteiger partial charge on any atom is 0.0972 e. The van der Waals surface area contributed by atoms with Gasteiger partial charge in [0.15, 0.2) is 0 Å². The molecule has 4 heterocycles. The SMILES string of the molecule is C=C1/C=C\c2ccc(-c3cc(Cl)cc(-c4ccc5ccc6ccc(-c7ccccc7)nc6c5n4)c3)nc2CN=C(c2ccc(Cl)cc2)CC1.CC. The molecule has 0 radical (unpaired) electrons. The second-order valence-corrected chi connectivity index (χ2v) is 13.1. The lowest BCUT2D eigenvalue weighted by Gasteiger charge is -2.13. The molecule has 0 N–H and O–H groups in total. The summed E-state index contributed by atoms with van der Waals surface area (Å²) in [5.41, 5.74) is 12.1. The lowest BCUT2D eigenvalue weighted by molar-refractivity contribution is 0.956. The van der Waals surface area contributed by atoms with E-state index < -0.39 is 0 Å². The number of benzene rings is 4. The van der Waals surface area contributed by atoms with Gasteiger partial charge < -0.3 is 0 Å². The molecule has 0 atom stereocenters. The molecule has 0 saturated carbocycles. The molecule has 0 fully saturated rings. The van der Waals surface area contributed by atoms with Gasteiger partial charge in [-0.25, -0.2) is 9.97 Å². The third kappa shape index (κ3) is 7.53. The number of aromatic nitrogens is 3. The highest BCUT2D eigenvalue weighted by Crippen LogP contribution is 2.33. The molecule has 51 heavy (non-hydrogen) atoms. The van der Waals surface area contributed by atoms with Crippen LogP contribution in [0.25, 0.3) is 61.7 Å². The van der Waals surface area contributed by atoms with E-state index in [1.54, 1.807) is 0 Å². The molecule has 0 amide bonds. The maximum atomic E-state index is 6.78. The second-order valence-electron chi connectivity index (χ2n) is 12.2. The summed E-state index contributed by atoms with van der Waals surface area (Å²) in [7, 11) is 0. The fraction of sp³-hybridized carbons (Fsp3) is 0.111. The van der Waals surface area contributed by atoms with E-state index in [1.165, 1.54) is 0 Å². The Kier molecular flexibility index (Phi) is 10.2. The van der Waals surface area contributed by atoms with Gasteiger partial charge in [-0.2, -0.15) is 0 Å². The first-order chi connectivity index (χ1) is 25.0. The summed E-state index contributed by atoms with van der Waals surface area (Å²) in [5, 5.41) is 3.38. The van der Waals surface area contributed by atoms with Gasteiger partial charge in [0.05, 0.1) is 40.4 Å². The molecule has 4 nitrogen and oxygen atoms in total. The maximum absolute atomic E-state index is 6.78. The zero-order chi connectivity index (χ0) is 35.3. The van der Waals surface area contributed by atoms with E-state index in [9.17, 15) is 0 Å². The zero-order valence-corrected chi connectivity index (χ0v) is 30.1. The summed E-state index contributed by atoms with van der Waals surface area (Å²) in [5.74, 6) is 0. The van der Waals surface area contributed by atoms with Crippen molar-refractivity contribution in [3.05, 3.63) is 166 Å². The fourth-order valence-corrected chi connectivity index (χ4v) is 6.59. The van der Waals surface area contributed by atoms with E-state index in [1.807, 2.05) is 80.6 Å². The van der Waals surface area contributed by atoms with Gasteiger partial charge in [-0.3, -0.25) is 9.98 Å². The summed E-state index contributed by atoms with van der Waals surface area (Å²) >= 11 is 12.9. The quantitative estimate of drug-likeness (QED) is 0.172. The molecular weight excluding hydrogens is 667 g/mol. The summed E-state index contributed by atoms with van der Waals surface area (Å²) < 4.78 is 0. The second kappa shape index (κ2) is 15.2. The average molecular weight is 704 g/mol. The molecule has 0 aliphatic carbocycles. The van der Waals surface area contributed by atoms with Crippen LogP contribution in [-0.2, 0) is 6.54 Å². The normalized spacial score (nSPS) is 13.6. The van der Waals surface area contributed by atoms with E-state index in [4.69, 9.17) is 43.1 Å². The molecule has 7 aromatic rings. The molecule has 0 unspecified atom stereocenters. The lowest BCUT2D eigenvalue weighted by Crippen LogP contribution is -2.05. The first-order valence-electron chi connectivity index (χ1n) is 17.2. The summed E-state index contributed by atoms with van der Waals surface area (Å²) in [6.07, 6.45) is 5.78. The van der Waals surface area contributed by atoms with E-state index in [0.717, 1.165) is 96.5 Å². The van der Waals surface area contributed by atoms with Crippen molar-refractivity contribution in [3.8, 4) is 33.8 Å². The summed E-state index contributed by atoms with van der Waals surface area (Å²) in [4.78, 5) is 20.4. The number of nitrogens with zero attached hydrogens (tertiary/aromatic N) is 4. The fourth-order valence-electron chi connectivity index (χ4n) is 6.23.